The third-order valence-corrected chi connectivity index (χ3v) is 3.34. The molecule has 0 saturated heterocycles. The largest absolute Gasteiger partial charge is 0.376 e. The van der Waals surface area contributed by atoms with Gasteiger partial charge < -0.3 is 15.8 Å². The van der Waals surface area contributed by atoms with Crippen LogP contribution in [-0.2, 0) is 16.0 Å². The lowest BCUT2D eigenvalue weighted by Crippen LogP contribution is -2.41. The molecule has 0 bridgehead atoms. The van der Waals surface area contributed by atoms with Gasteiger partial charge in [-0.3, -0.25) is 4.79 Å². The second-order valence-corrected chi connectivity index (χ2v) is 5.06. The molecule has 0 aliphatic heterocycles. The van der Waals surface area contributed by atoms with Crippen LogP contribution in [0.3, 0.4) is 0 Å². The first-order chi connectivity index (χ1) is 10.7. The first-order valence-corrected chi connectivity index (χ1v) is 7.84. The molecule has 0 fully saturated rings. The van der Waals surface area contributed by atoms with Crippen molar-refractivity contribution in [3.8, 4) is 11.8 Å². The van der Waals surface area contributed by atoms with Gasteiger partial charge >= 0.3 is 0 Å². The van der Waals surface area contributed by atoms with E-state index in [1.165, 1.54) is 0 Å². The van der Waals surface area contributed by atoms with Crippen LogP contribution in [0.25, 0.3) is 0 Å². The lowest BCUT2D eigenvalue weighted by molar-refractivity contribution is -0.121. The number of nitrogens with two attached hydrogens (primary N) is 1. The van der Waals surface area contributed by atoms with Crippen molar-refractivity contribution >= 4 is 5.91 Å². The number of carbonyl (C=O) groups is 1. The van der Waals surface area contributed by atoms with E-state index in [0.29, 0.717) is 19.6 Å². The fourth-order valence-corrected chi connectivity index (χ4v) is 1.96. The molecule has 0 radical (unpaired) electrons. The van der Waals surface area contributed by atoms with Crippen LogP contribution in [0.2, 0.25) is 0 Å². The quantitative estimate of drug-likeness (QED) is 0.569. The average molecular weight is 302 g/mol. The van der Waals surface area contributed by atoms with Gasteiger partial charge in [0, 0.05) is 13.0 Å². The van der Waals surface area contributed by atoms with Crippen molar-refractivity contribution in [2.75, 3.05) is 13.2 Å². The molecule has 1 aromatic carbocycles. The SMILES string of the molecule is CCC(CC)OCCNC(=O)C(N)C#CCc1ccccc1. The molecule has 1 aromatic rings. The Morgan fingerprint density at radius 3 is 2.59 bits per heavy atom. The summed E-state index contributed by atoms with van der Waals surface area (Å²) in [5, 5.41) is 2.74. The highest BCUT2D eigenvalue weighted by molar-refractivity contribution is 5.84. The zero-order valence-electron chi connectivity index (χ0n) is 13.5. The molecule has 1 atom stereocenters. The number of nitrogens with one attached hydrogen (secondary N) is 1. The second-order valence-electron chi connectivity index (χ2n) is 5.06. The normalized spacial score (nSPS) is 11.6. The Labute approximate surface area is 133 Å². The third kappa shape index (κ3) is 7.26. The molecule has 0 saturated carbocycles. The van der Waals surface area contributed by atoms with Crippen LogP contribution in [0.1, 0.15) is 32.3 Å². The van der Waals surface area contributed by atoms with Crippen molar-refractivity contribution < 1.29 is 9.53 Å². The van der Waals surface area contributed by atoms with E-state index in [0.717, 1.165) is 18.4 Å². The zero-order chi connectivity index (χ0) is 16.2. The molecule has 0 aliphatic carbocycles. The Kier molecular flexibility index (Phi) is 8.97. The summed E-state index contributed by atoms with van der Waals surface area (Å²) in [6.45, 7) is 5.14. The van der Waals surface area contributed by atoms with E-state index in [1.807, 2.05) is 30.3 Å². The van der Waals surface area contributed by atoms with Crippen molar-refractivity contribution in [1.29, 1.82) is 0 Å². The molecule has 4 nitrogen and oxygen atoms in total. The van der Waals surface area contributed by atoms with Crippen molar-refractivity contribution in [2.24, 2.45) is 5.73 Å². The maximum Gasteiger partial charge on any atom is 0.249 e. The standard InChI is InChI=1S/C18H26N2O2/c1-3-16(4-2)22-14-13-20-18(21)17(19)12-8-11-15-9-6-5-7-10-15/h5-7,9-10,16-17H,3-4,11,13-14,19H2,1-2H3,(H,20,21). The van der Waals surface area contributed by atoms with Gasteiger partial charge in [-0.05, 0) is 18.4 Å². The van der Waals surface area contributed by atoms with Gasteiger partial charge in [0.1, 0.15) is 6.04 Å². The highest BCUT2D eigenvalue weighted by Gasteiger charge is 2.09. The van der Waals surface area contributed by atoms with E-state index < -0.39 is 6.04 Å². The Morgan fingerprint density at radius 2 is 1.95 bits per heavy atom. The number of hydrogen-bond acceptors (Lipinski definition) is 3. The van der Waals surface area contributed by atoms with Crippen LogP contribution in [0.5, 0.6) is 0 Å². The summed E-state index contributed by atoms with van der Waals surface area (Å²) < 4.78 is 5.62. The number of hydrogen-bond donors (Lipinski definition) is 2. The monoisotopic (exact) mass is 302 g/mol. The Balaban J connectivity index is 2.25. The second kappa shape index (κ2) is 10.8. The highest BCUT2D eigenvalue weighted by Crippen LogP contribution is 2.01. The first kappa shape index (κ1) is 18.2. The van der Waals surface area contributed by atoms with Gasteiger partial charge in [-0.2, -0.15) is 0 Å². The summed E-state index contributed by atoms with van der Waals surface area (Å²) >= 11 is 0. The fraction of sp³-hybridized carbons (Fsp3) is 0.500. The highest BCUT2D eigenvalue weighted by atomic mass is 16.5. The lowest BCUT2D eigenvalue weighted by Gasteiger charge is -2.14. The molecule has 3 N–H and O–H groups in total. The number of amides is 1. The molecule has 120 valence electrons. The average Bonchev–Trinajstić information content (AvgIpc) is 2.55. The van der Waals surface area contributed by atoms with Crippen LogP contribution in [-0.4, -0.2) is 31.2 Å². The molecule has 1 unspecified atom stereocenters. The van der Waals surface area contributed by atoms with Gasteiger partial charge in [-0.25, -0.2) is 0 Å². The van der Waals surface area contributed by atoms with E-state index in [2.05, 4.69) is 31.0 Å². The molecule has 22 heavy (non-hydrogen) atoms. The van der Waals surface area contributed by atoms with Crippen LogP contribution in [0.15, 0.2) is 30.3 Å². The molecular weight excluding hydrogens is 276 g/mol. The van der Waals surface area contributed by atoms with E-state index in [1.54, 1.807) is 0 Å². The molecule has 0 spiro atoms. The minimum Gasteiger partial charge on any atom is -0.376 e. The number of carbonyl (C=O) groups excluding carboxylic acids is 1. The van der Waals surface area contributed by atoms with Gasteiger partial charge in [0.05, 0.1) is 12.7 Å². The summed E-state index contributed by atoms with van der Waals surface area (Å²) in [5.41, 5.74) is 6.86. The summed E-state index contributed by atoms with van der Waals surface area (Å²) in [5.74, 6) is 5.46. The summed E-state index contributed by atoms with van der Waals surface area (Å²) in [6, 6.07) is 9.08. The molecule has 0 heterocycles. The predicted molar refractivity (Wildman–Crippen MR) is 89.2 cm³/mol. The van der Waals surface area contributed by atoms with Crippen molar-refractivity contribution in [1.82, 2.24) is 5.32 Å². The molecule has 1 amide bonds. The Hall–Kier alpha value is -1.83. The summed E-state index contributed by atoms with van der Waals surface area (Å²) in [6.07, 6.45) is 2.82. The fourth-order valence-electron chi connectivity index (χ4n) is 1.96. The maximum atomic E-state index is 11.8. The van der Waals surface area contributed by atoms with Crippen molar-refractivity contribution in [3.63, 3.8) is 0 Å². The minimum atomic E-state index is -0.795. The smallest absolute Gasteiger partial charge is 0.249 e. The van der Waals surface area contributed by atoms with Gasteiger partial charge in [0.2, 0.25) is 5.91 Å². The first-order valence-electron chi connectivity index (χ1n) is 7.84. The van der Waals surface area contributed by atoms with Gasteiger partial charge in [-0.1, -0.05) is 56.0 Å². The summed E-state index contributed by atoms with van der Waals surface area (Å²) in [7, 11) is 0. The van der Waals surface area contributed by atoms with Gasteiger partial charge in [0.25, 0.3) is 0 Å². The van der Waals surface area contributed by atoms with Crippen LogP contribution in [0, 0.1) is 11.8 Å². The molecule has 1 rings (SSSR count). The van der Waals surface area contributed by atoms with Crippen molar-refractivity contribution in [2.45, 2.75) is 45.3 Å². The van der Waals surface area contributed by atoms with Crippen LogP contribution >= 0.6 is 0 Å². The zero-order valence-corrected chi connectivity index (χ0v) is 13.5. The number of ether oxygens (including phenoxy) is 1. The van der Waals surface area contributed by atoms with E-state index in [-0.39, 0.29) is 12.0 Å². The van der Waals surface area contributed by atoms with Crippen LogP contribution < -0.4 is 11.1 Å². The molecule has 0 aromatic heterocycles. The van der Waals surface area contributed by atoms with Crippen LogP contribution in [0.4, 0.5) is 0 Å². The number of benzene rings is 1. The predicted octanol–water partition coefficient (Wildman–Crippen LogP) is 1.88. The number of rotatable bonds is 8. The van der Waals surface area contributed by atoms with E-state index in [4.69, 9.17) is 10.5 Å². The Bertz CT molecular complexity index is 487. The lowest BCUT2D eigenvalue weighted by atomic mass is 10.1. The molecule has 0 aliphatic rings. The topological polar surface area (TPSA) is 64.3 Å². The van der Waals surface area contributed by atoms with E-state index in [9.17, 15) is 4.79 Å². The Morgan fingerprint density at radius 1 is 1.27 bits per heavy atom. The maximum absolute atomic E-state index is 11.8. The van der Waals surface area contributed by atoms with E-state index >= 15 is 0 Å². The van der Waals surface area contributed by atoms with Crippen molar-refractivity contribution in [3.05, 3.63) is 35.9 Å². The van der Waals surface area contributed by atoms with Gasteiger partial charge in [0.15, 0.2) is 0 Å². The molecule has 4 heteroatoms. The third-order valence-electron chi connectivity index (χ3n) is 3.34. The summed E-state index contributed by atoms with van der Waals surface area (Å²) in [4.78, 5) is 11.8. The minimum absolute atomic E-state index is 0.256. The van der Waals surface area contributed by atoms with Gasteiger partial charge in [-0.15, -0.1) is 0 Å². The molecular formula is C18H26N2O2.